The van der Waals surface area contributed by atoms with Gasteiger partial charge >= 0.3 is 5.97 Å². The summed E-state index contributed by atoms with van der Waals surface area (Å²) < 4.78 is 16.2. The van der Waals surface area contributed by atoms with Gasteiger partial charge in [0, 0.05) is 7.11 Å². The lowest BCUT2D eigenvalue weighted by Crippen LogP contribution is -2.40. The van der Waals surface area contributed by atoms with Gasteiger partial charge in [-0.1, -0.05) is 44.7 Å². The molecule has 0 saturated carbocycles. The van der Waals surface area contributed by atoms with Crippen molar-refractivity contribution in [2.45, 2.75) is 51.8 Å². The van der Waals surface area contributed by atoms with Crippen LogP contribution in [0, 0.1) is 5.92 Å². The quantitative estimate of drug-likeness (QED) is 0.382. The van der Waals surface area contributed by atoms with Crippen molar-refractivity contribution in [3.05, 3.63) is 41.1 Å². The highest BCUT2D eigenvalue weighted by Crippen LogP contribution is 2.44. The van der Waals surface area contributed by atoms with Crippen LogP contribution in [0.4, 0.5) is 0 Å². The number of carbonyl (C=O) groups is 2. The highest BCUT2D eigenvalue weighted by Gasteiger charge is 2.47. The van der Waals surface area contributed by atoms with Crippen molar-refractivity contribution in [3.8, 4) is 5.75 Å². The first-order valence-corrected chi connectivity index (χ1v) is 11.9. The topological polar surface area (TPSA) is 77.4 Å². The smallest absolute Gasteiger partial charge is 0.338 e. The number of allylic oxidation sites excluding steroid dienone is 1. The highest BCUT2D eigenvalue weighted by molar-refractivity contribution is 8.15. The number of nitrogens with zero attached hydrogens (tertiary/aromatic N) is 2. The summed E-state index contributed by atoms with van der Waals surface area (Å²) in [5.74, 6) is 0.812. The van der Waals surface area contributed by atoms with E-state index in [4.69, 9.17) is 14.2 Å². The second-order valence-corrected chi connectivity index (χ2v) is 9.42. The van der Waals surface area contributed by atoms with E-state index >= 15 is 0 Å². The van der Waals surface area contributed by atoms with Crippen LogP contribution in [0.1, 0.15) is 52.1 Å². The number of fused-ring (bicyclic) bond motifs is 1. The van der Waals surface area contributed by atoms with Crippen molar-refractivity contribution in [2.75, 3.05) is 26.9 Å². The Bertz CT molecular complexity index is 894. The number of carbonyl (C=O) groups excluding carboxylic acids is 2. The number of ether oxygens (including phenoxy) is 3. The van der Waals surface area contributed by atoms with Gasteiger partial charge in [0.25, 0.3) is 0 Å². The zero-order valence-electron chi connectivity index (χ0n) is 19.4. The summed E-state index contributed by atoms with van der Waals surface area (Å²) in [7, 11) is 1.55. The molecule has 0 aromatic heterocycles. The van der Waals surface area contributed by atoms with Crippen molar-refractivity contribution in [1.29, 1.82) is 0 Å². The predicted molar refractivity (Wildman–Crippen MR) is 126 cm³/mol. The van der Waals surface area contributed by atoms with Crippen LogP contribution in [0.3, 0.4) is 0 Å². The molecule has 8 heteroatoms. The zero-order valence-corrected chi connectivity index (χ0v) is 20.2. The number of hydrogen-bond acceptors (Lipinski definition) is 7. The molecular formula is C24H32N2O5S. The molecule has 2 aliphatic heterocycles. The van der Waals surface area contributed by atoms with E-state index in [2.05, 4.69) is 18.8 Å². The van der Waals surface area contributed by atoms with Gasteiger partial charge < -0.3 is 14.2 Å². The molecule has 1 aromatic carbocycles. The van der Waals surface area contributed by atoms with E-state index in [1.165, 1.54) is 11.8 Å². The first-order chi connectivity index (χ1) is 15.4. The van der Waals surface area contributed by atoms with Gasteiger partial charge in [-0.2, -0.15) is 0 Å². The van der Waals surface area contributed by atoms with Gasteiger partial charge in [-0.3, -0.25) is 9.69 Å². The first kappa shape index (κ1) is 24.3. The third kappa shape index (κ3) is 5.35. The number of thioether (sulfide) groups is 1. The summed E-state index contributed by atoms with van der Waals surface area (Å²) in [5.41, 5.74) is 1.76. The standard InChI is InChI=1S/C24H32N2O5S/c1-6-19-22(27)26-21(17-7-9-18(10-8-17)30-12-11-15(2)3)20(16(4)25-24(26)32-19)23(28)31-14-13-29-5/h7-10,15,19,21H,6,11-14H2,1-5H3. The van der Waals surface area contributed by atoms with E-state index in [0.717, 1.165) is 17.7 Å². The van der Waals surface area contributed by atoms with Crippen LogP contribution in [0.5, 0.6) is 5.75 Å². The average molecular weight is 461 g/mol. The van der Waals surface area contributed by atoms with Gasteiger partial charge in [0.15, 0.2) is 5.17 Å². The van der Waals surface area contributed by atoms with Crippen LogP contribution >= 0.6 is 11.8 Å². The molecule has 2 heterocycles. The van der Waals surface area contributed by atoms with E-state index < -0.39 is 12.0 Å². The van der Waals surface area contributed by atoms with Crippen molar-refractivity contribution >= 4 is 28.8 Å². The fourth-order valence-corrected chi connectivity index (χ4v) is 4.75. The molecule has 3 rings (SSSR count). The molecule has 1 aromatic rings. The number of amidine groups is 1. The molecule has 1 fully saturated rings. The number of aliphatic imine (C=N–C) groups is 1. The lowest BCUT2D eigenvalue weighted by molar-refractivity contribution is -0.141. The molecule has 1 saturated heterocycles. The lowest BCUT2D eigenvalue weighted by Gasteiger charge is -2.33. The second kappa shape index (κ2) is 11.0. The summed E-state index contributed by atoms with van der Waals surface area (Å²) in [6.45, 7) is 9.17. The second-order valence-electron chi connectivity index (χ2n) is 8.25. The monoisotopic (exact) mass is 460 g/mol. The number of amides is 1. The normalized spacial score (nSPS) is 20.5. The molecular weight excluding hydrogens is 428 g/mol. The maximum absolute atomic E-state index is 13.2. The molecule has 0 N–H and O–H groups in total. The zero-order chi connectivity index (χ0) is 23.3. The van der Waals surface area contributed by atoms with Crippen LogP contribution in [0.2, 0.25) is 0 Å². The van der Waals surface area contributed by atoms with Crippen molar-refractivity contribution in [2.24, 2.45) is 10.9 Å². The molecule has 2 aliphatic rings. The number of hydrogen-bond donors (Lipinski definition) is 0. The summed E-state index contributed by atoms with van der Waals surface area (Å²) in [6, 6.07) is 7.00. The molecule has 0 spiro atoms. The van der Waals surface area contributed by atoms with Gasteiger partial charge in [0.1, 0.15) is 12.4 Å². The molecule has 32 heavy (non-hydrogen) atoms. The van der Waals surface area contributed by atoms with Crippen LogP contribution in [0.25, 0.3) is 0 Å². The lowest BCUT2D eigenvalue weighted by atomic mass is 9.94. The Labute approximate surface area is 194 Å². The molecule has 0 radical (unpaired) electrons. The van der Waals surface area contributed by atoms with E-state index in [1.54, 1.807) is 18.9 Å². The van der Waals surface area contributed by atoms with Crippen LogP contribution in [0.15, 0.2) is 40.5 Å². The molecule has 1 amide bonds. The van der Waals surface area contributed by atoms with Crippen molar-refractivity contribution in [1.82, 2.24) is 4.90 Å². The van der Waals surface area contributed by atoms with E-state index in [9.17, 15) is 9.59 Å². The van der Waals surface area contributed by atoms with E-state index in [-0.39, 0.29) is 17.8 Å². The Morgan fingerprint density at radius 2 is 1.91 bits per heavy atom. The van der Waals surface area contributed by atoms with Gasteiger partial charge in [-0.25, -0.2) is 9.79 Å². The first-order valence-electron chi connectivity index (χ1n) is 11.0. The minimum Gasteiger partial charge on any atom is -0.494 e. The molecule has 7 nitrogen and oxygen atoms in total. The third-order valence-corrected chi connectivity index (χ3v) is 6.74. The Balaban J connectivity index is 1.91. The number of benzene rings is 1. The molecule has 0 bridgehead atoms. The SMILES string of the molecule is CCC1SC2=NC(C)=C(C(=O)OCCOC)C(c3ccc(OCCC(C)C)cc3)N2C1=O. The Morgan fingerprint density at radius 1 is 1.19 bits per heavy atom. The largest absolute Gasteiger partial charge is 0.494 e. The number of esters is 1. The molecule has 2 unspecified atom stereocenters. The van der Waals surface area contributed by atoms with Gasteiger partial charge in [-0.15, -0.1) is 0 Å². The summed E-state index contributed by atoms with van der Waals surface area (Å²) in [6.07, 6.45) is 1.67. The average Bonchev–Trinajstić information content (AvgIpc) is 3.08. The Kier molecular flexibility index (Phi) is 8.37. The Morgan fingerprint density at radius 3 is 2.53 bits per heavy atom. The minimum absolute atomic E-state index is 0.0341. The van der Waals surface area contributed by atoms with Crippen molar-refractivity contribution in [3.63, 3.8) is 0 Å². The summed E-state index contributed by atoms with van der Waals surface area (Å²) in [5, 5.41) is 0.432. The summed E-state index contributed by atoms with van der Waals surface area (Å²) in [4.78, 5) is 32.4. The maximum atomic E-state index is 13.2. The van der Waals surface area contributed by atoms with Gasteiger partial charge in [-0.05, 0) is 43.4 Å². The predicted octanol–water partition coefficient (Wildman–Crippen LogP) is 4.34. The number of rotatable bonds is 10. The third-order valence-electron chi connectivity index (χ3n) is 5.42. The summed E-state index contributed by atoms with van der Waals surface area (Å²) >= 11 is 1.45. The Hall–Kier alpha value is -2.32. The van der Waals surface area contributed by atoms with Crippen LogP contribution < -0.4 is 4.74 Å². The van der Waals surface area contributed by atoms with Gasteiger partial charge in [0.05, 0.1) is 35.8 Å². The fourth-order valence-electron chi connectivity index (χ4n) is 3.62. The number of methoxy groups -OCH3 is 1. The highest BCUT2D eigenvalue weighted by atomic mass is 32.2. The minimum atomic E-state index is -0.584. The molecule has 2 atom stereocenters. The van der Waals surface area contributed by atoms with E-state index in [0.29, 0.717) is 42.0 Å². The van der Waals surface area contributed by atoms with Crippen LogP contribution in [-0.4, -0.2) is 54.1 Å². The van der Waals surface area contributed by atoms with Crippen molar-refractivity contribution < 1.29 is 23.8 Å². The van der Waals surface area contributed by atoms with Gasteiger partial charge in [0.2, 0.25) is 5.91 Å². The fraction of sp³-hybridized carbons (Fsp3) is 0.542. The van der Waals surface area contributed by atoms with E-state index in [1.807, 2.05) is 31.2 Å². The molecule has 174 valence electrons. The maximum Gasteiger partial charge on any atom is 0.338 e. The molecule has 0 aliphatic carbocycles. The van der Waals surface area contributed by atoms with Crippen LogP contribution in [-0.2, 0) is 19.1 Å².